The van der Waals surface area contributed by atoms with E-state index in [2.05, 4.69) is 43.4 Å². The second kappa shape index (κ2) is 4.15. The summed E-state index contributed by atoms with van der Waals surface area (Å²) in [6, 6.07) is 11.1. The predicted molar refractivity (Wildman–Crippen MR) is 65.1 cm³/mol. The minimum absolute atomic E-state index is 0.232. The van der Waals surface area contributed by atoms with Crippen molar-refractivity contribution >= 4 is 11.6 Å². The summed E-state index contributed by atoms with van der Waals surface area (Å²) in [5.41, 5.74) is 1.57. The first kappa shape index (κ1) is 11.0. The zero-order valence-electron chi connectivity index (χ0n) is 9.33. The van der Waals surface area contributed by atoms with Gasteiger partial charge in [0.05, 0.1) is 0 Å². The second-order valence-corrected chi connectivity index (χ2v) is 5.47. The lowest BCUT2D eigenvalue weighted by atomic mass is 9.67. The fourth-order valence-corrected chi connectivity index (χ4v) is 2.39. The Labute approximate surface area is 96.8 Å². The highest BCUT2D eigenvalue weighted by Crippen LogP contribution is 2.44. The van der Waals surface area contributed by atoms with Gasteiger partial charge in [-0.25, -0.2) is 0 Å². The second-order valence-electron chi connectivity index (χ2n) is 4.94. The van der Waals surface area contributed by atoms with E-state index in [4.69, 9.17) is 11.6 Å². The topological polar surface area (TPSA) is 12.0 Å². The molecule has 1 aromatic carbocycles. The largest absolute Gasteiger partial charge is 0.309 e. The molecule has 2 rings (SSSR count). The highest BCUT2D eigenvalue weighted by molar-refractivity contribution is 6.21. The van der Waals surface area contributed by atoms with Gasteiger partial charge < -0.3 is 5.32 Å². The molecule has 0 heterocycles. The molecule has 0 aliphatic heterocycles. The Morgan fingerprint density at radius 3 is 2.53 bits per heavy atom. The minimum Gasteiger partial charge on any atom is -0.309 e. The van der Waals surface area contributed by atoms with Gasteiger partial charge in [-0.2, -0.15) is 0 Å². The van der Waals surface area contributed by atoms with Crippen LogP contribution in [-0.4, -0.2) is 11.4 Å². The molecule has 1 nitrogen and oxygen atoms in total. The Morgan fingerprint density at radius 1 is 1.33 bits per heavy atom. The third-order valence-electron chi connectivity index (χ3n) is 3.54. The number of rotatable bonds is 3. The molecular weight excluding hydrogens is 206 g/mol. The Balaban J connectivity index is 1.85. The highest BCUT2D eigenvalue weighted by Gasteiger charge is 2.46. The molecule has 1 aliphatic carbocycles. The van der Waals surface area contributed by atoms with Gasteiger partial charge in [0.1, 0.15) is 0 Å². The molecule has 15 heavy (non-hydrogen) atoms. The first-order valence-corrected chi connectivity index (χ1v) is 5.95. The fourth-order valence-electron chi connectivity index (χ4n) is 2.06. The van der Waals surface area contributed by atoms with Crippen LogP contribution in [0.1, 0.15) is 25.8 Å². The number of benzene rings is 1. The number of nitrogens with one attached hydrogen (secondary N) is 1. The number of hydrogen-bond donors (Lipinski definition) is 1. The van der Waals surface area contributed by atoms with Gasteiger partial charge in [-0.15, -0.1) is 11.6 Å². The van der Waals surface area contributed by atoms with Crippen LogP contribution >= 0.6 is 11.6 Å². The molecule has 1 N–H and O–H groups in total. The van der Waals surface area contributed by atoms with Crippen molar-refractivity contribution in [2.75, 3.05) is 0 Å². The molecule has 1 aromatic rings. The minimum atomic E-state index is 0.232. The van der Waals surface area contributed by atoms with Crippen LogP contribution in [0.25, 0.3) is 0 Å². The monoisotopic (exact) mass is 223 g/mol. The smallest absolute Gasteiger partial charge is 0.0416 e. The van der Waals surface area contributed by atoms with Crippen molar-refractivity contribution in [3.8, 4) is 0 Å². The van der Waals surface area contributed by atoms with Crippen LogP contribution in [0.3, 0.4) is 0 Å². The third kappa shape index (κ3) is 2.19. The summed E-state index contributed by atoms with van der Waals surface area (Å²) < 4.78 is 0. The van der Waals surface area contributed by atoms with Gasteiger partial charge in [0.15, 0.2) is 0 Å². The molecule has 1 saturated carbocycles. The number of alkyl halides is 1. The van der Waals surface area contributed by atoms with E-state index < -0.39 is 0 Å². The van der Waals surface area contributed by atoms with Crippen molar-refractivity contribution in [1.82, 2.24) is 5.32 Å². The van der Waals surface area contributed by atoms with Crippen molar-refractivity contribution in [1.29, 1.82) is 0 Å². The Kier molecular flexibility index (Phi) is 3.03. The first-order chi connectivity index (χ1) is 7.10. The summed E-state index contributed by atoms with van der Waals surface area (Å²) in [6.45, 7) is 5.41. The molecule has 0 amide bonds. The van der Waals surface area contributed by atoms with Crippen molar-refractivity contribution in [2.45, 2.75) is 38.2 Å². The van der Waals surface area contributed by atoms with E-state index in [1.54, 1.807) is 0 Å². The Morgan fingerprint density at radius 2 is 2.00 bits per heavy atom. The van der Waals surface area contributed by atoms with Crippen LogP contribution in [0, 0.1) is 5.41 Å². The van der Waals surface area contributed by atoms with Crippen LogP contribution in [-0.2, 0) is 6.54 Å². The average molecular weight is 224 g/mol. The van der Waals surface area contributed by atoms with Gasteiger partial charge in [0, 0.05) is 18.0 Å². The van der Waals surface area contributed by atoms with Crippen molar-refractivity contribution < 1.29 is 0 Å². The zero-order valence-corrected chi connectivity index (χ0v) is 10.1. The van der Waals surface area contributed by atoms with Crippen LogP contribution in [0.2, 0.25) is 0 Å². The van der Waals surface area contributed by atoms with Gasteiger partial charge in [-0.3, -0.25) is 0 Å². The van der Waals surface area contributed by atoms with Gasteiger partial charge in [-0.1, -0.05) is 44.2 Å². The first-order valence-electron chi connectivity index (χ1n) is 5.52. The molecule has 82 valence electrons. The van der Waals surface area contributed by atoms with E-state index >= 15 is 0 Å². The van der Waals surface area contributed by atoms with Crippen LogP contribution in [0.4, 0.5) is 0 Å². The summed E-state index contributed by atoms with van der Waals surface area (Å²) in [7, 11) is 0. The van der Waals surface area contributed by atoms with Crippen molar-refractivity contribution in [2.24, 2.45) is 5.41 Å². The van der Waals surface area contributed by atoms with Crippen LogP contribution in [0.15, 0.2) is 30.3 Å². The zero-order chi connectivity index (χ0) is 10.9. The van der Waals surface area contributed by atoms with E-state index in [1.807, 2.05) is 6.07 Å². The molecule has 2 unspecified atom stereocenters. The lowest BCUT2D eigenvalue weighted by Gasteiger charge is -2.49. The molecule has 2 atom stereocenters. The van der Waals surface area contributed by atoms with E-state index in [0.717, 1.165) is 13.0 Å². The normalized spacial score (nSPS) is 28.5. The summed E-state index contributed by atoms with van der Waals surface area (Å²) in [4.78, 5) is 0. The fraction of sp³-hybridized carbons (Fsp3) is 0.538. The van der Waals surface area contributed by atoms with Crippen molar-refractivity contribution in [3.05, 3.63) is 35.9 Å². The standard InChI is InChI=1S/C13H18ClN/c1-13(2)11(14)8-12(13)15-9-10-6-4-3-5-7-10/h3-7,11-12,15H,8-9H2,1-2H3. The summed E-state index contributed by atoms with van der Waals surface area (Å²) >= 11 is 6.18. The maximum absolute atomic E-state index is 6.18. The molecule has 2 heteroatoms. The third-order valence-corrected chi connectivity index (χ3v) is 4.28. The Hall–Kier alpha value is -0.530. The van der Waals surface area contributed by atoms with E-state index in [0.29, 0.717) is 11.4 Å². The van der Waals surface area contributed by atoms with Crippen LogP contribution < -0.4 is 5.32 Å². The average Bonchev–Trinajstić information content (AvgIpc) is 2.25. The van der Waals surface area contributed by atoms with Gasteiger partial charge >= 0.3 is 0 Å². The molecule has 1 fully saturated rings. The van der Waals surface area contributed by atoms with E-state index in [-0.39, 0.29) is 5.41 Å². The summed E-state index contributed by atoms with van der Waals surface area (Å²) in [5.74, 6) is 0. The number of hydrogen-bond acceptors (Lipinski definition) is 1. The lowest BCUT2D eigenvalue weighted by molar-refractivity contribution is 0.115. The molecule has 0 saturated heterocycles. The molecule has 0 aromatic heterocycles. The SMILES string of the molecule is CC1(C)C(Cl)CC1NCc1ccccc1. The van der Waals surface area contributed by atoms with Crippen LogP contribution in [0.5, 0.6) is 0 Å². The molecule has 1 aliphatic rings. The summed E-state index contributed by atoms with van der Waals surface area (Å²) in [5, 5.41) is 3.90. The highest BCUT2D eigenvalue weighted by atomic mass is 35.5. The van der Waals surface area contributed by atoms with E-state index in [1.165, 1.54) is 5.56 Å². The van der Waals surface area contributed by atoms with Gasteiger partial charge in [-0.05, 0) is 17.4 Å². The quantitative estimate of drug-likeness (QED) is 0.777. The number of halogens is 1. The Bertz CT molecular complexity index is 321. The van der Waals surface area contributed by atoms with Gasteiger partial charge in [0.25, 0.3) is 0 Å². The lowest BCUT2D eigenvalue weighted by Crippen LogP contribution is -2.57. The molecule has 0 spiro atoms. The predicted octanol–water partition coefficient (Wildman–Crippen LogP) is 3.18. The molecule has 0 bridgehead atoms. The van der Waals surface area contributed by atoms with Gasteiger partial charge in [0.2, 0.25) is 0 Å². The van der Waals surface area contributed by atoms with Crippen molar-refractivity contribution in [3.63, 3.8) is 0 Å². The van der Waals surface area contributed by atoms with E-state index in [9.17, 15) is 0 Å². The maximum Gasteiger partial charge on any atom is 0.0416 e. The molecule has 0 radical (unpaired) electrons. The summed E-state index contributed by atoms with van der Waals surface area (Å²) in [6.07, 6.45) is 1.08. The molecular formula is C13H18ClN. The maximum atomic E-state index is 6.18.